The van der Waals surface area contributed by atoms with E-state index in [9.17, 15) is 4.79 Å². The number of nitrogens with zero attached hydrogens (tertiary/aromatic N) is 2. The number of rotatable bonds is 4. The van der Waals surface area contributed by atoms with E-state index in [2.05, 4.69) is 9.97 Å². The van der Waals surface area contributed by atoms with Gasteiger partial charge in [-0.25, -0.2) is 9.97 Å². The first kappa shape index (κ1) is 12.0. The van der Waals surface area contributed by atoms with Gasteiger partial charge >= 0.3 is 0 Å². The Kier molecular flexibility index (Phi) is 3.52. The second kappa shape index (κ2) is 5.27. The summed E-state index contributed by atoms with van der Waals surface area (Å²) in [5.74, 6) is 0.910. The molecule has 0 saturated carbocycles. The molecule has 0 atom stereocenters. The van der Waals surface area contributed by atoms with Crippen molar-refractivity contribution in [2.24, 2.45) is 0 Å². The summed E-state index contributed by atoms with van der Waals surface area (Å²) in [6.45, 7) is 0. The van der Waals surface area contributed by atoms with E-state index in [1.54, 1.807) is 31.4 Å². The van der Waals surface area contributed by atoms with E-state index >= 15 is 0 Å². The van der Waals surface area contributed by atoms with Gasteiger partial charge in [0.25, 0.3) is 0 Å². The van der Waals surface area contributed by atoms with Crippen molar-refractivity contribution in [3.05, 3.63) is 48.0 Å². The van der Waals surface area contributed by atoms with Crippen molar-refractivity contribution < 1.29 is 14.3 Å². The molecule has 1 aromatic heterocycles. The van der Waals surface area contributed by atoms with Crippen molar-refractivity contribution in [3.63, 3.8) is 0 Å². The molecule has 2 aromatic rings. The van der Waals surface area contributed by atoms with Crippen LogP contribution in [-0.2, 0) is 0 Å². The molecule has 0 saturated heterocycles. The lowest BCUT2D eigenvalue weighted by molar-refractivity contribution is 0.103. The number of carbonyl (C=O) groups is 1. The van der Waals surface area contributed by atoms with Crippen LogP contribution in [0.1, 0.15) is 16.1 Å². The van der Waals surface area contributed by atoms with Crippen LogP contribution in [-0.4, -0.2) is 30.0 Å². The highest BCUT2D eigenvalue weighted by Crippen LogP contribution is 2.28. The van der Waals surface area contributed by atoms with Crippen molar-refractivity contribution in [3.8, 4) is 11.5 Å². The van der Waals surface area contributed by atoms with Gasteiger partial charge in [0, 0.05) is 11.8 Å². The maximum absolute atomic E-state index is 12.1. The standard InChI is InChI=1S/C13H12N2O3/c1-17-11-4-3-9(7-12(11)18-2)13(16)10-5-6-14-8-15-10/h3-8H,1-2H3. The normalized spacial score (nSPS) is 9.89. The van der Waals surface area contributed by atoms with Crippen LogP contribution in [0.3, 0.4) is 0 Å². The molecule has 1 aromatic carbocycles. The van der Waals surface area contributed by atoms with Gasteiger partial charge in [0.2, 0.25) is 5.78 Å². The number of hydrogen-bond donors (Lipinski definition) is 0. The summed E-state index contributed by atoms with van der Waals surface area (Å²) in [4.78, 5) is 19.8. The van der Waals surface area contributed by atoms with Gasteiger partial charge in [-0.2, -0.15) is 0 Å². The molecular formula is C13H12N2O3. The summed E-state index contributed by atoms with van der Waals surface area (Å²) in [5.41, 5.74) is 0.837. The summed E-state index contributed by atoms with van der Waals surface area (Å²) in [5, 5.41) is 0. The molecule has 0 spiro atoms. The summed E-state index contributed by atoms with van der Waals surface area (Å²) in [6, 6.07) is 6.56. The highest BCUT2D eigenvalue weighted by atomic mass is 16.5. The van der Waals surface area contributed by atoms with Gasteiger partial charge < -0.3 is 9.47 Å². The maximum atomic E-state index is 12.1. The van der Waals surface area contributed by atoms with Crippen LogP contribution in [0.25, 0.3) is 0 Å². The molecule has 0 radical (unpaired) electrons. The molecule has 18 heavy (non-hydrogen) atoms. The Labute approximate surface area is 104 Å². The van der Waals surface area contributed by atoms with E-state index in [1.165, 1.54) is 19.6 Å². The molecule has 0 aliphatic carbocycles. The van der Waals surface area contributed by atoms with E-state index < -0.39 is 0 Å². The molecule has 0 aliphatic rings. The lowest BCUT2D eigenvalue weighted by atomic mass is 10.1. The molecule has 1 heterocycles. The second-order valence-electron chi connectivity index (χ2n) is 3.49. The zero-order chi connectivity index (χ0) is 13.0. The molecule has 0 amide bonds. The van der Waals surface area contributed by atoms with Crippen LogP contribution in [0.15, 0.2) is 36.8 Å². The van der Waals surface area contributed by atoms with Gasteiger partial charge in [-0.15, -0.1) is 0 Å². The lowest BCUT2D eigenvalue weighted by Crippen LogP contribution is -2.04. The quantitative estimate of drug-likeness (QED) is 0.766. The van der Waals surface area contributed by atoms with Crippen LogP contribution in [0, 0.1) is 0 Å². The van der Waals surface area contributed by atoms with Crippen LogP contribution >= 0.6 is 0 Å². The van der Waals surface area contributed by atoms with E-state index in [-0.39, 0.29) is 5.78 Å². The SMILES string of the molecule is COc1ccc(C(=O)c2ccncn2)cc1OC. The molecule has 2 rings (SSSR count). The predicted octanol–water partition coefficient (Wildman–Crippen LogP) is 1.72. The molecule has 0 bridgehead atoms. The van der Waals surface area contributed by atoms with Gasteiger partial charge in [-0.3, -0.25) is 4.79 Å². The minimum atomic E-state index is -0.182. The average Bonchev–Trinajstić information content (AvgIpc) is 2.46. The van der Waals surface area contributed by atoms with Crippen molar-refractivity contribution in [2.45, 2.75) is 0 Å². The molecule has 92 valence electrons. The predicted molar refractivity (Wildman–Crippen MR) is 65.0 cm³/mol. The smallest absolute Gasteiger partial charge is 0.211 e. The highest BCUT2D eigenvalue weighted by molar-refractivity contribution is 6.07. The van der Waals surface area contributed by atoms with Gasteiger partial charge in [0.15, 0.2) is 11.5 Å². The van der Waals surface area contributed by atoms with E-state index in [1.807, 2.05) is 0 Å². The number of aromatic nitrogens is 2. The number of hydrogen-bond acceptors (Lipinski definition) is 5. The van der Waals surface area contributed by atoms with Crippen molar-refractivity contribution in [1.82, 2.24) is 9.97 Å². The van der Waals surface area contributed by atoms with Crippen LogP contribution in [0.2, 0.25) is 0 Å². The summed E-state index contributed by atoms with van der Waals surface area (Å²) in [6.07, 6.45) is 2.87. The van der Waals surface area contributed by atoms with Crippen molar-refractivity contribution >= 4 is 5.78 Å². The maximum Gasteiger partial charge on any atom is 0.211 e. The Balaban J connectivity index is 2.37. The van der Waals surface area contributed by atoms with Gasteiger partial charge in [-0.05, 0) is 24.3 Å². The number of methoxy groups -OCH3 is 2. The summed E-state index contributed by atoms with van der Waals surface area (Å²) < 4.78 is 10.3. The third-order valence-corrected chi connectivity index (χ3v) is 2.46. The first-order chi connectivity index (χ1) is 8.76. The minimum absolute atomic E-state index is 0.182. The van der Waals surface area contributed by atoms with Gasteiger partial charge in [0.1, 0.15) is 12.0 Å². The molecule has 0 fully saturated rings. The molecule has 0 aliphatic heterocycles. The van der Waals surface area contributed by atoms with E-state index in [4.69, 9.17) is 9.47 Å². The Hall–Kier alpha value is -2.43. The minimum Gasteiger partial charge on any atom is -0.493 e. The molecule has 5 nitrogen and oxygen atoms in total. The second-order valence-corrected chi connectivity index (χ2v) is 3.49. The monoisotopic (exact) mass is 244 g/mol. The Morgan fingerprint density at radius 3 is 2.50 bits per heavy atom. The number of benzene rings is 1. The summed E-state index contributed by atoms with van der Waals surface area (Å²) in [7, 11) is 3.07. The summed E-state index contributed by atoms with van der Waals surface area (Å²) >= 11 is 0. The molecule has 5 heteroatoms. The number of carbonyl (C=O) groups excluding carboxylic acids is 1. The van der Waals surface area contributed by atoms with Crippen molar-refractivity contribution in [1.29, 1.82) is 0 Å². The fourth-order valence-corrected chi connectivity index (χ4v) is 1.55. The number of ketones is 1. The largest absolute Gasteiger partial charge is 0.493 e. The van der Waals surface area contributed by atoms with Crippen LogP contribution < -0.4 is 9.47 Å². The van der Waals surface area contributed by atoms with Crippen LogP contribution in [0.4, 0.5) is 0 Å². The molecule has 0 N–H and O–H groups in total. The lowest BCUT2D eigenvalue weighted by Gasteiger charge is -2.08. The van der Waals surface area contributed by atoms with Crippen molar-refractivity contribution in [2.75, 3.05) is 14.2 Å². The zero-order valence-corrected chi connectivity index (χ0v) is 10.1. The third-order valence-electron chi connectivity index (χ3n) is 2.46. The average molecular weight is 244 g/mol. The fraction of sp³-hybridized carbons (Fsp3) is 0.154. The third kappa shape index (κ3) is 2.29. The Morgan fingerprint density at radius 2 is 1.89 bits per heavy atom. The topological polar surface area (TPSA) is 61.3 Å². The van der Waals surface area contributed by atoms with Crippen LogP contribution in [0.5, 0.6) is 11.5 Å². The Morgan fingerprint density at radius 1 is 1.11 bits per heavy atom. The highest BCUT2D eigenvalue weighted by Gasteiger charge is 2.13. The molecular weight excluding hydrogens is 232 g/mol. The molecule has 0 unspecified atom stereocenters. The zero-order valence-electron chi connectivity index (χ0n) is 10.1. The fourth-order valence-electron chi connectivity index (χ4n) is 1.55. The number of ether oxygens (including phenoxy) is 2. The first-order valence-corrected chi connectivity index (χ1v) is 5.29. The van der Waals surface area contributed by atoms with Gasteiger partial charge in [0.05, 0.1) is 14.2 Å². The van der Waals surface area contributed by atoms with E-state index in [0.29, 0.717) is 22.8 Å². The van der Waals surface area contributed by atoms with Gasteiger partial charge in [-0.1, -0.05) is 0 Å². The first-order valence-electron chi connectivity index (χ1n) is 5.29. The Bertz CT molecular complexity index is 555. The van der Waals surface area contributed by atoms with E-state index in [0.717, 1.165) is 0 Å².